The molecular weight excluding hydrogens is 372 g/mol. The van der Waals surface area contributed by atoms with Gasteiger partial charge in [-0.05, 0) is 37.1 Å². The number of carbonyl (C=O) groups is 1. The second kappa shape index (κ2) is 10.3. The van der Waals surface area contributed by atoms with Crippen LogP contribution in [0.3, 0.4) is 0 Å². The third-order valence-electron chi connectivity index (χ3n) is 4.37. The molecule has 0 saturated carbocycles. The van der Waals surface area contributed by atoms with Crippen LogP contribution in [0.15, 0.2) is 29.2 Å². The van der Waals surface area contributed by atoms with Crippen molar-refractivity contribution in [2.45, 2.75) is 36.8 Å². The highest BCUT2D eigenvalue weighted by atomic mass is 32.2. The molecule has 2 rings (SSSR count). The number of thioether (sulfide) groups is 1. The van der Waals surface area contributed by atoms with Gasteiger partial charge in [-0.3, -0.25) is 4.79 Å². The number of ether oxygens (including phenoxy) is 1. The third-order valence-corrected chi connectivity index (χ3v) is 7.82. The van der Waals surface area contributed by atoms with Crippen LogP contribution in [-0.2, 0) is 14.8 Å². The van der Waals surface area contributed by atoms with Gasteiger partial charge in [0.1, 0.15) is 0 Å². The zero-order chi connectivity index (χ0) is 19.0. The number of hydrogen-bond acceptors (Lipinski definition) is 5. The van der Waals surface area contributed by atoms with Gasteiger partial charge >= 0.3 is 0 Å². The maximum atomic E-state index is 12.5. The Kier molecular flexibility index (Phi) is 8.40. The molecule has 1 aromatic rings. The monoisotopic (exact) mass is 400 g/mol. The quantitative estimate of drug-likeness (QED) is 0.644. The maximum absolute atomic E-state index is 12.5. The van der Waals surface area contributed by atoms with Crippen molar-refractivity contribution in [3.05, 3.63) is 29.8 Å². The smallest absolute Gasteiger partial charge is 0.251 e. The fraction of sp³-hybridized carbons (Fsp3) is 0.611. The van der Waals surface area contributed by atoms with Gasteiger partial charge in [-0.15, -0.1) is 0 Å². The van der Waals surface area contributed by atoms with Crippen molar-refractivity contribution >= 4 is 27.7 Å². The van der Waals surface area contributed by atoms with Crippen LogP contribution >= 0.6 is 11.8 Å². The van der Waals surface area contributed by atoms with E-state index in [4.69, 9.17) is 4.74 Å². The van der Waals surface area contributed by atoms with Gasteiger partial charge in [-0.1, -0.05) is 13.8 Å². The van der Waals surface area contributed by atoms with Crippen LogP contribution < -0.4 is 5.32 Å². The average molecular weight is 401 g/mol. The van der Waals surface area contributed by atoms with Crippen LogP contribution in [0.1, 0.15) is 37.0 Å². The molecule has 0 aromatic heterocycles. The largest absolute Gasteiger partial charge is 0.381 e. The number of rotatable bonds is 9. The Bertz CT molecular complexity index is 667. The van der Waals surface area contributed by atoms with Gasteiger partial charge in [0.2, 0.25) is 10.0 Å². The highest BCUT2D eigenvalue weighted by Crippen LogP contribution is 2.21. The lowest BCUT2D eigenvalue weighted by Crippen LogP contribution is -2.30. The topological polar surface area (TPSA) is 75.7 Å². The Balaban J connectivity index is 1.84. The minimum absolute atomic E-state index is 0.177. The first-order valence-electron chi connectivity index (χ1n) is 9.06. The van der Waals surface area contributed by atoms with Crippen molar-refractivity contribution in [1.82, 2.24) is 9.62 Å². The molecule has 0 spiro atoms. The van der Waals surface area contributed by atoms with Crippen LogP contribution in [0.2, 0.25) is 0 Å². The van der Waals surface area contributed by atoms with Crippen molar-refractivity contribution in [3.63, 3.8) is 0 Å². The van der Waals surface area contributed by atoms with E-state index in [1.165, 1.54) is 16.4 Å². The SMILES string of the molecule is CCN(CC)S(=O)(=O)c1ccc(C(=O)NCCSC2CCOCC2)cc1. The van der Waals surface area contributed by atoms with Crippen molar-refractivity contribution in [2.24, 2.45) is 0 Å². The number of sulfonamides is 1. The van der Waals surface area contributed by atoms with Gasteiger partial charge in [0.15, 0.2) is 0 Å². The average Bonchev–Trinajstić information content (AvgIpc) is 2.67. The van der Waals surface area contributed by atoms with Crippen molar-refractivity contribution in [1.29, 1.82) is 0 Å². The van der Waals surface area contributed by atoms with Gasteiger partial charge in [-0.25, -0.2) is 8.42 Å². The molecule has 1 N–H and O–H groups in total. The predicted molar refractivity (Wildman–Crippen MR) is 105 cm³/mol. The molecule has 26 heavy (non-hydrogen) atoms. The summed E-state index contributed by atoms with van der Waals surface area (Å²) in [6, 6.07) is 6.13. The van der Waals surface area contributed by atoms with E-state index in [-0.39, 0.29) is 10.8 Å². The van der Waals surface area contributed by atoms with Crippen molar-refractivity contribution in [3.8, 4) is 0 Å². The molecular formula is C18H28N2O4S2. The summed E-state index contributed by atoms with van der Waals surface area (Å²) in [5.74, 6) is 0.689. The molecule has 1 aliphatic heterocycles. The van der Waals surface area contributed by atoms with E-state index >= 15 is 0 Å². The Morgan fingerprint density at radius 1 is 1.19 bits per heavy atom. The Labute approximate surface area is 160 Å². The number of amides is 1. The number of carbonyl (C=O) groups excluding carboxylic acids is 1. The first-order chi connectivity index (χ1) is 12.5. The lowest BCUT2D eigenvalue weighted by Gasteiger charge is -2.21. The molecule has 0 bridgehead atoms. The first-order valence-corrected chi connectivity index (χ1v) is 11.6. The highest BCUT2D eigenvalue weighted by molar-refractivity contribution is 7.99. The number of benzene rings is 1. The van der Waals surface area contributed by atoms with E-state index in [2.05, 4.69) is 5.32 Å². The minimum Gasteiger partial charge on any atom is -0.381 e. The molecule has 1 aliphatic rings. The zero-order valence-electron chi connectivity index (χ0n) is 15.4. The molecule has 1 saturated heterocycles. The molecule has 0 atom stereocenters. The summed E-state index contributed by atoms with van der Waals surface area (Å²) in [5.41, 5.74) is 0.472. The second-order valence-corrected chi connectivity index (χ2v) is 9.40. The van der Waals surface area contributed by atoms with Gasteiger partial charge < -0.3 is 10.1 Å². The zero-order valence-corrected chi connectivity index (χ0v) is 17.1. The first kappa shape index (κ1) is 21.2. The summed E-state index contributed by atoms with van der Waals surface area (Å²) in [4.78, 5) is 12.4. The lowest BCUT2D eigenvalue weighted by atomic mass is 10.2. The van der Waals surface area contributed by atoms with Gasteiger partial charge in [0.25, 0.3) is 5.91 Å². The Hall–Kier alpha value is -1.09. The molecule has 0 radical (unpaired) electrons. The van der Waals surface area contributed by atoms with Gasteiger partial charge in [0.05, 0.1) is 4.90 Å². The minimum atomic E-state index is -3.49. The van der Waals surface area contributed by atoms with Crippen molar-refractivity contribution < 1.29 is 17.9 Å². The highest BCUT2D eigenvalue weighted by Gasteiger charge is 2.21. The molecule has 146 valence electrons. The summed E-state index contributed by atoms with van der Waals surface area (Å²) in [5, 5.41) is 3.51. The summed E-state index contributed by atoms with van der Waals surface area (Å²) in [6.07, 6.45) is 2.14. The van der Waals surface area contributed by atoms with E-state index in [9.17, 15) is 13.2 Å². The van der Waals surface area contributed by atoms with Crippen LogP contribution in [0, 0.1) is 0 Å². The van der Waals surface area contributed by atoms with Crippen molar-refractivity contribution in [2.75, 3.05) is 38.6 Å². The molecule has 8 heteroatoms. The molecule has 6 nitrogen and oxygen atoms in total. The van der Waals surface area contributed by atoms with Crippen LogP contribution in [0.25, 0.3) is 0 Å². The molecule has 1 fully saturated rings. The summed E-state index contributed by atoms with van der Waals surface area (Å²) in [6.45, 7) is 6.71. The van der Waals surface area contributed by atoms with E-state index in [1.54, 1.807) is 26.0 Å². The summed E-state index contributed by atoms with van der Waals surface area (Å²) in [7, 11) is -3.49. The van der Waals surface area contributed by atoms with Crippen LogP contribution in [0.5, 0.6) is 0 Å². The van der Waals surface area contributed by atoms with E-state index in [0.717, 1.165) is 31.8 Å². The molecule has 0 unspecified atom stereocenters. The van der Waals surface area contributed by atoms with E-state index < -0.39 is 10.0 Å². The molecule has 1 amide bonds. The van der Waals surface area contributed by atoms with Crippen LogP contribution in [-0.4, -0.2) is 62.5 Å². The van der Waals surface area contributed by atoms with E-state index in [0.29, 0.717) is 30.4 Å². The predicted octanol–water partition coefficient (Wildman–Crippen LogP) is 2.36. The Morgan fingerprint density at radius 2 is 1.81 bits per heavy atom. The third kappa shape index (κ3) is 5.70. The normalized spacial score (nSPS) is 16.0. The van der Waals surface area contributed by atoms with Gasteiger partial charge in [0, 0.05) is 49.4 Å². The van der Waals surface area contributed by atoms with E-state index in [1.807, 2.05) is 11.8 Å². The molecule has 1 aromatic carbocycles. The Morgan fingerprint density at radius 3 is 2.38 bits per heavy atom. The second-order valence-electron chi connectivity index (χ2n) is 6.05. The summed E-state index contributed by atoms with van der Waals surface area (Å²) >= 11 is 1.87. The lowest BCUT2D eigenvalue weighted by molar-refractivity contribution is 0.0955. The molecule has 0 aliphatic carbocycles. The number of hydrogen-bond donors (Lipinski definition) is 1. The molecule has 1 heterocycles. The fourth-order valence-corrected chi connectivity index (χ4v) is 5.36. The summed E-state index contributed by atoms with van der Waals surface area (Å²) < 4.78 is 31.6. The fourth-order valence-electron chi connectivity index (χ4n) is 2.83. The van der Waals surface area contributed by atoms with Gasteiger partial charge in [-0.2, -0.15) is 16.1 Å². The number of nitrogens with zero attached hydrogens (tertiary/aromatic N) is 1. The maximum Gasteiger partial charge on any atom is 0.251 e. The number of nitrogens with one attached hydrogen (secondary N) is 1. The van der Waals surface area contributed by atoms with Crippen LogP contribution in [0.4, 0.5) is 0 Å². The standard InChI is InChI=1S/C18H28N2O4S2/c1-3-20(4-2)26(22,23)17-7-5-15(6-8-17)18(21)19-11-14-25-16-9-12-24-13-10-16/h5-8,16H,3-4,9-14H2,1-2H3,(H,19,21).